The van der Waals surface area contributed by atoms with E-state index < -0.39 is 17.4 Å². The van der Waals surface area contributed by atoms with Crippen LogP contribution in [0.25, 0.3) is 0 Å². The van der Waals surface area contributed by atoms with Crippen LogP contribution in [-0.4, -0.2) is 21.8 Å². The summed E-state index contributed by atoms with van der Waals surface area (Å²) in [4.78, 5) is 38.9. The second-order valence-electron chi connectivity index (χ2n) is 3.04. The maximum atomic E-state index is 11.4. The summed E-state index contributed by atoms with van der Waals surface area (Å²) in [6.07, 6.45) is 0. The minimum absolute atomic E-state index is 0.0656. The fourth-order valence-corrected chi connectivity index (χ4v) is 1.01. The molecule has 0 radical (unpaired) electrons. The molecule has 8 heteroatoms. The molecule has 0 bridgehead atoms. The average molecular weight is 225 g/mol. The third-order valence-corrected chi connectivity index (χ3v) is 1.54. The van der Waals surface area contributed by atoms with Gasteiger partial charge in [0.05, 0.1) is 0 Å². The van der Waals surface area contributed by atoms with E-state index in [4.69, 9.17) is 5.73 Å². The zero-order valence-corrected chi connectivity index (χ0v) is 8.75. The van der Waals surface area contributed by atoms with Gasteiger partial charge in [0.1, 0.15) is 5.69 Å². The molecule has 0 aliphatic rings. The Bertz CT molecular complexity index is 493. The van der Waals surface area contributed by atoms with Crippen molar-refractivity contribution >= 4 is 29.3 Å². The molecule has 0 atom stereocenters. The van der Waals surface area contributed by atoms with Gasteiger partial charge in [-0.05, 0) is 0 Å². The van der Waals surface area contributed by atoms with Gasteiger partial charge in [0, 0.05) is 13.8 Å². The molecule has 0 spiro atoms. The molecule has 8 nitrogen and oxygen atoms in total. The van der Waals surface area contributed by atoms with Gasteiger partial charge >= 0.3 is 0 Å². The van der Waals surface area contributed by atoms with E-state index in [1.54, 1.807) is 0 Å². The molecule has 0 unspecified atom stereocenters. The number of aromatic nitrogens is 2. The molecule has 2 amide bonds. The number of rotatable bonds is 2. The Morgan fingerprint density at radius 3 is 2.25 bits per heavy atom. The van der Waals surface area contributed by atoms with Gasteiger partial charge in [0.15, 0.2) is 5.82 Å². The second-order valence-corrected chi connectivity index (χ2v) is 3.04. The maximum absolute atomic E-state index is 11.4. The fourth-order valence-electron chi connectivity index (χ4n) is 1.01. The zero-order chi connectivity index (χ0) is 12.3. The number of amides is 2. The number of hydrogen-bond acceptors (Lipinski definition) is 5. The first-order valence-corrected chi connectivity index (χ1v) is 4.35. The first kappa shape index (κ1) is 11.7. The molecule has 0 aliphatic heterocycles. The lowest BCUT2D eigenvalue weighted by Gasteiger charge is -2.06. The molecular weight excluding hydrogens is 214 g/mol. The molecule has 86 valence electrons. The molecule has 0 saturated carbocycles. The summed E-state index contributed by atoms with van der Waals surface area (Å²) in [5.74, 6) is -1.06. The SMILES string of the molecule is CC(=O)Nc1nc(N)c(NC(C)=O)c(=O)[nH]1. The Morgan fingerprint density at radius 2 is 1.81 bits per heavy atom. The molecule has 1 aromatic rings. The zero-order valence-electron chi connectivity index (χ0n) is 8.75. The van der Waals surface area contributed by atoms with E-state index in [-0.39, 0.29) is 17.5 Å². The summed E-state index contributed by atoms with van der Waals surface area (Å²) in [7, 11) is 0. The highest BCUT2D eigenvalue weighted by molar-refractivity contribution is 5.92. The molecule has 0 fully saturated rings. The number of aromatic amines is 1. The van der Waals surface area contributed by atoms with E-state index in [2.05, 4.69) is 20.6 Å². The van der Waals surface area contributed by atoms with Crippen molar-refractivity contribution in [2.24, 2.45) is 0 Å². The van der Waals surface area contributed by atoms with Crippen molar-refractivity contribution in [2.45, 2.75) is 13.8 Å². The Kier molecular flexibility index (Phi) is 3.24. The molecule has 0 aromatic carbocycles. The van der Waals surface area contributed by atoms with Crippen molar-refractivity contribution in [3.8, 4) is 0 Å². The van der Waals surface area contributed by atoms with Crippen LogP contribution in [-0.2, 0) is 9.59 Å². The lowest BCUT2D eigenvalue weighted by atomic mass is 10.4. The van der Waals surface area contributed by atoms with Gasteiger partial charge in [-0.2, -0.15) is 4.98 Å². The summed E-state index contributed by atoms with van der Waals surface area (Å²) in [6, 6.07) is 0. The number of hydrogen-bond donors (Lipinski definition) is 4. The maximum Gasteiger partial charge on any atom is 0.278 e. The quantitative estimate of drug-likeness (QED) is 0.527. The third-order valence-electron chi connectivity index (χ3n) is 1.54. The van der Waals surface area contributed by atoms with Crippen LogP contribution < -0.4 is 21.9 Å². The minimum Gasteiger partial charge on any atom is -0.382 e. The number of nitrogen functional groups attached to an aromatic ring is 1. The molecule has 1 aromatic heterocycles. The summed E-state index contributed by atoms with van der Waals surface area (Å²) in [5.41, 5.74) is 4.68. The average Bonchev–Trinajstić information content (AvgIpc) is 2.10. The van der Waals surface area contributed by atoms with Gasteiger partial charge in [-0.25, -0.2) is 0 Å². The predicted octanol–water partition coefficient (Wildman–Crippen LogP) is -0.731. The highest BCUT2D eigenvalue weighted by Gasteiger charge is 2.10. The molecule has 5 N–H and O–H groups in total. The minimum atomic E-state index is -0.633. The number of carbonyl (C=O) groups is 2. The number of anilines is 3. The molecule has 0 aliphatic carbocycles. The van der Waals surface area contributed by atoms with Crippen molar-refractivity contribution < 1.29 is 9.59 Å². The Morgan fingerprint density at radius 1 is 1.25 bits per heavy atom. The predicted molar refractivity (Wildman–Crippen MR) is 57.9 cm³/mol. The monoisotopic (exact) mass is 225 g/mol. The van der Waals surface area contributed by atoms with E-state index >= 15 is 0 Å². The van der Waals surface area contributed by atoms with Gasteiger partial charge in [0.25, 0.3) is 5.56 Å². The van der Waals surface area contributed by atoms with Gasteiger partial charge in [-0.1, -0.05) is 0 Å². The second kappa shape index (κ2) is 4.43. The first-order valence-electron chi connectivity index (χ1n) is 4.35. The Labute approximate surface area is 90.3 Å². The number of carbonyl (C=O) groups excluding carboxylic acids is 2. The topological polar surface area (TPSA) is 130 Å². The summed E-state index contributed by atoms with van der Waals surface area (Å²) < 4.78 is 0. The van der Waals surface area contributed by atoms with Gasteiger partial charge in [-0.3, -0.25) is 24.7 Å². The standard InChI is InChI=1S/C8H11N5O3/c1-3(14)10-5-6(9)12-8(11-4(2)15)13-7(5)16/h1-2H3,(H,10,14)(H4,9,11,12,13,15,16). The number of H-pyrrole nitrogens is 1. The molecule has 16 heavy (non-hydrogen) atoms. The third kappa shape index (κ3) is 2.80. The smallest absolute Gasteiger partial charge is 0.278 e. The van der Waals surface area contributed by atoms with Gasteiger partial charge in [0.2, 0.25) is 17.8 Å². The van der Waals surface area contributed by atoms with Crippen LogP contribution in [0.4, 0.5) is 17.5 Å². The van der Waals surface area contributed by atoms with E-state index in [0.717, 1.165) is 0 Å². The molecule has 1 heterocycles. The summed E-state index contributed by atoms with van der Waals surface area (Å²) in [5, 5.41) is 4.51. The van der Waals surface area contributed by atoms with E-state index in [9.17, 15) is 14.4 Å². The van der Waals surface area contributed by atoms with Gasteiger partial charge < -0.3 is 11.1 Å². The van der Waals surface area contributed by atoms with E-state index in [1.165, 1.54) is 13.8 Å². The highest BCUT2D eigenvalue weighted by atomic mass is 16.2. The van der Waals surface area contributed by atoms with Crippen LogP contribution in [0.15, 0.2) is 4.79 Å². The van der Waals surface area contributed by atoms with Crippen LogP contribution in [0.2, 0.25) is 0 Å². The lowest BCUT2D eigenvalue weighted by Crippen LogP contribution is -2.23. The van der Waals surface area contributed by atoms with E-state index in [0.29, 0.717) is 0 Å². The van der Waals surface area contributed by atoms with Crippen molar-refractivity contribution in [2.75, 3.05) is 16.4 Å². The number of nitrogens with zero attached hydrogens (tertiary/aromatic N) is 1. The van der Waals surface area contributed by atoms with Crippen LogP contribution in [0, 0.1) is 0 Å². The van der Waals surface area contributed by atoms with Crippen LogP contribution in [0.1, 0.15) is 13.8 Å². The van der Waals surface area contributed by atoms with Crippen LogP contribution in [0.5, 0.6) is 0 Å². The highest BCUT2D eigenvalue weighted by Crippen LogP contribution is 2.10. The van der Waals surface area contributed by atoms with Crippen molar-refractivity contribution in [3.05, 3.63) is 10.4 Å². The van der Waals surface area contributed by atoms with Crippen molar-refractivity contribution in [3.63, 3.8) is 0 Å². The van der Waals surface area contributed by atoms with Crippen molar-refractivity contribution in [1.82, 2.24) is 9.97 Å². The first-order chi connectivity index (χ1) is 7.40. The normalized spacial score (nSPS) is 9.62. The summed E-state index contributed by atoms with van der Waals surface area (Å²) in [6.45, 7) is 2.50. The lowest BCUT2D eigenvalue weighted by molar-refractivity contribution is -0.115. The number of nitrogens with two attached hydrogens (primary N) is 1. The number of nitrogens with one attached hydrogen (secondary N) is 3. The molecule has 0 saturated heterocycles. The molecule has 1 rings (SSSR count). The fraction of sp³-hybridized carbons (Fsp3) is 0.250. The Hall–Kier alpha value is -2.38. The largest absolute Gasteiger partial charge is 0.382 e. The Balaban J connectivity index is 3.12. The van der Waals surface area contributed by atoms with Crippen molar-refractivity contribution in [1.29, 1.82) is 0 Å². The summed E-state index contributed by atoms with van der Waals surface area (Å²) >= 11 is 0. The van der Waals surface area contributed by atoms with E-state index in [1.807, 2.05) is 0 Å². The molecular formula is C8H11N5O3. The van der Waals surface area contributed by atoms with Crippen LogP contribution >= 0.6 is 0 Å². The van der Waals surface area contributed by atoms with Gasteiger partial charge in [-0.15, -0.1) is 0 Å². The van der Waals surface area contributed by atoms with Crippen LogP contribution in [0.3, 0.4) is 0 Å².